The van der Waals surface area contributed by atoms with Crippen LogP contribution >= 0.6 is 0 Å². The standard InChI is InChI=1S/C24H24N4O3S/c29-24(17-32(30,31)14-6-9-19-7-2-1-3-8-19)26-16-20-12-13-23(25-15-20)28-18-27-21-10-4-5-11-22(21)28/h1-5,7-8,10-13,15,18H,6,9,14,16-17H2,(H,26,29). The zero-order valence-corrected chi connectivity index (χ0v) is 18.3. The number of para-hydroxylation sites is 2. The van der Waals surface area contributed by atoms with Crippen molar-refractivity contribution in [3.63, 3.8) is 0 Å². The quantitative estimate of drug-likeness (QED) is 0.425. The first-order valence-corrected chi connectivity index (χ1v) is 12.2. The second-order valence-corrected chi connectivity index (χ2v) is 9.77. The van der Waals surface area contributed by atoms with Gasteiger partial charge in [-0.15, -0.1) is 0 Å². The van der Waals surface area contributed by atoms with Gasteiger partial charge in [0.05, 0.1) is 16.8 Å². The fourth-order valence-electron chi connectivity index (χ4n) is 3.47. The first-order chi connectivity index (χ1) is 15.5. The minimum absolute atomic E-state index is 0.00950. The molecule has 7 nitrogen and oxygen atoms in total. The number of carbonyl (C=O) groups is 1. The van der Waals surface area contributed by atoms with Crippen LogP contribution in [0.15, 0.2) is 79.3 Å². The van der Waals surface area contributed by atoms with Crippen LogP contribution in [0.25, 0.3) is 16.9 Å². The molecule has 4 rings (SSSR count). The van der Waals surface area contributed by atoms with Crippen LogP contribution in [-0.2, 0) is 27.6 Å². The Balaban J connectivity index is 1.27. The number of amides is 1. The second-order valence-electron chi connectivity index (χ2n) is 7.59. The number of hydrogen-bond acceptors (Lipinski definition) is 5. The Morgan fingerprint density at radius 1 is 0.906 bits per heavy atom. The third kappa shape index (κ3) is 5.59. The Bertz CT molecular complexity index is 1300. The van der Waals surface area contributed by atoms with Gasteiger partial charge in [-0.3, -0.25) is 9.36 Å². The van der Waals surface area contributed by atoms with Gasteiger partial charge in [0.1, 0.15) is 17.9 Å². The number of rotatable bonds is 9. The van der Waals surface area contributed by atoms with Crippen LogP contribution in [0.4, 0.5) is 0 Å². The highest BCUT2D eigenvalue weighted by atomic mass is 32.2. The van der Waals surface area contributed by atoms with Crippen molar-refractivity contribution in [1.82, 2.24) is 19.9 Å². The maximum absolute atomic E-state index is 12.2. The highest BCUT2D eigenvalue weighted by molar-refractivity contribution is 7.92. The van der Waals surface area contributed by atoms with Crippen LogP contribution in [-0.4, -0.2) is 40.4 Å². The summed E-state index contributed by atoms with van der Waals surface area (Å²) in [6.45, 7) is 0.219. The third-order valence-electron chi connectivity index (χ3n) is 5.11. The topological polar surface area (TPSA) is 94.0 Å². The summed E-state index contributed by atoms with van der Waals surface area (Å²) in [6, 6.07) is 21.2. The van der Waals surface area contributed by atoms with Gasteiger partial charge in [-0.2, -0.15) is 0 Å². The van der Waals surface area contributed by atoms with Gasteiger partial charge < -0.3 is 5.32 Å². The van der Waals surface area contributed by atoms with Crippen LogP contribution in [0.2, 0.25) is 0 Å². The highest BCUT2D eigenvalue weighted by Crippen LogP contribution is 2.16. The van der Waals surface area contributed by atoms with Crippen molar-refractivity contribution in [2.45, 2.75) is 19.4 Å². The van der Waals surface area contributed by atoms with Crippen molar-refractivity contribution in [3.8, 4) is 5.82 Å². The summed E-state index contributed by atoms with van der Waals surface area (Å²) >= 11 is 0. The highest BCUT2D eigenvalue weighted by Gasteiger charge is 2.16. The summed E-state index contributed by atoms with van der Waals surface area (Å²) in [5.74, 6) is -0.303. The molecule has 2 aromatic heterocycles. The number of carbonyl (C=O) groups excluding carboxylic acids is 1. The van der Waals surface area contributed by atoms with Crippen molar-refractivity contribution in [3.05, 3.63) is 90.4 Å². The molecule has 0 atom stereocenters. The molecule has 8 heteroatoms. The van der Waals surface area contributed by atoms with E-state index < -0.39 is 21.5 Å². The molecule has 0 saturated carbocycles. The van der Waals surface area contributed by atoms with E-state index in [1.807, 2.05) is 71.3 Å². The summed E-state index contributed by atoms with van der Waals surface area (Å²) < 4.78 is 26.4. The lowest BCUT2D eigenvalue weighted by Crippen LogP contribution is -2.31. The zero-order chi connectivity index (χ0) is 22.4. The molecule has 0 unspecified atom stereocenters. The molecule has 0 fully saturated rings. The molecule has 32 heavy (non-hydrogen) atoms. The number of aryl methyl sites for hydroxylation is 1. The fraction of sp³-hybridized carbons (Fsp3) is 0.208. The van der Waals surface area contributed by atoms with Crippen molar-refractivity contribution in [1.29, 1.82) is 0 Å². The molecule has 1 amide bonds. The molecule has 0 aliphatic heterocycles. The van der Waals surface area contributed by atoms with Crippen LogP contribution in [0.3, 0.4) is 0 Å². The van der Waals surface area contributed by atoms with Crippen LogP contribution < -0.4 is 5.32 Å². The molecule has 0 spiro atoms. The maximum Gasteiger partial charge on any atom is 0.235 e. The monoisotopic (exact) mass is 448 g/mol. The molecule has 0 radical (unpaired) electrons. The van der Waals surface area contributed by atoms with E-state index in [0.717, 1.165) is 28.0 Å². The summed E-state index contributed by atoms with van der Waals surface area (Å²) in [6.07, 6.45) is 4.55. The molecular formula is C24H24N4O3S. The number of sulfone groups is 1. The molecule has 0 saturated heterocycles. The van der Waals surface area contributed by atoms with Crippen molar-refractivity contribution >= 4 is 26.8 Å². The largest absolute Gasteiger partial charge is 0.351 e. The average Bonchev–Trinajstić information content (AvgIpc) is 3.22. The van der Waals surface area contributed by atoms with Crippen LogP contribution in [0, 0.1) is 0 Å². The lowest BCUT2D eigenvalue weighted by atomic mass is 10.1. The first kappa shape index (κ1) is 21.7. The summed E-state index contributed by atoms with van der Waals surface area (Å²) in [4.78, 5) is 20.9. The molecular weight excluding hydrogens is 424 g/mol. The van der Waals surface area contributed by atoms with Gasteiger partial charge >= 0.3 is 0 Å². The van der Waals surface area contributed by atoms with E-state index in [9.17, 15) is 13.2 Å². The normalized spacial score (nSPS) is 11.5. The van der Waals surface area contributed by atoms with E-state index in [2.05, 4.69) is 15.3 Å². The van der Waals surface area contributed by atoms with E-state index in [1.165, 1.54) is 0 Å². The van der Waals surface area contributed by atoms with E-state index >= 15 is 0 Å². The van der Waals surface area contributed by atoms with E-state index in [-0.39, 0.29) is 12.3 Å². The Hall–Kier alpha value is -3.52. The van der Waals surface area contributed by atoms with Crippen molar-refractivity contribution in [2.24, 2.45) is 0 Å². The van der Waals surface area contributed by atoms with Gasteiger partial charge in [0.15, 0.2) is 9.84 Å². The van der Waals surface area contributed by atoms with Gasteiger partial charge in [0, 0.05) is 12.7 Å². The lowest BCUT2D eigenvalue weighted by Gasteiger charge is -2.08. The minimum Gasteiger partial charge on any atom is -0.351 e. The predicted molar refractivity (Wildman–Crippen MR) is 124 cm³/mol. The zero-order valence-electron chi connectivity index (χ0n) is 17.5. The summed E-state index contributed by atoms with van der Waals surface area (Å²) in [5.41, 5.74) is 3.72. The van der Waals surface area contributed by atoms with Crippen molar-refractivity contribution < 1.29 is 13.2 Å². The first-order valence-electron chi connectivity index (χ1n) is 10.4. The third-order valence-corrected chi connectivity index (χ3v) is 6.73. The van der Waals surface area contributed by atoms with Gasteiger partial charge in [-0.25, -0.2) is 18.4 Å². The molecule has 2 heterocycles. The Morgan fingerprint density at radius 3 is 2.47 bits per heavy atom. The second kappa shape index (κ2) is 9.74. The average molecular weight is 449 g/mol. The summed E-state index contributed by atoms with van der Waals surface area (Å²) in [5, 5.41) is 2.67. The van der Waals surface area contributed by atoms with E-state index in [1.54, 1.807) is 12.5 Å². The number of fused-ring (bicyclic) bond motifs is 1. The molecule has 2 aromatic carbocycles. The van der Waals surface area contributed by atoms with Crippen LogP contribution in [0.5, 0.6) is 0 Å². The number of imidazole rings is 1. The molecule has 1 N–H and O–H groups in total. The Labute approximate surface area is 187 Å². The molecule has 4 aromatic rings. The number of pyridine rings is 1. The Kier molecular flexibility index (Phi) is 6.61. The predicted octanol–water partition coefficient (Wildman–Crippen LogP) is 3.08. The Morgan fingerprint density at radius 2 is 1.69 bits per heavy atom. The molecule has 0 bridgehead atoms. The number of nitrogens with one attached hydrogen (secondary N) is 1. The van der Waals surface area contributed by atoms with Gasteiger partial charge in [0.25, 0.3) is 0 Å². The molecule has 164 valence electrons. The number of nitrogens with zero attached hydrogens (tertiary/aromatic N) is 3. The number of hydrogen-bond donors (Lipinski definition) is 1. The maximum atomic E-state index is 12.2. The SMILES string of the molecule is O=C(CS(=O)(=O)CCCc1ccccc1)NCc1ccc(-n2cnc3ccccc32)nc1. The van der Waals surface area contributed by atoms with E-state index in [4.69, 9.17) is 0 Å². The van der Waals surface area contributed by atoms with E-state index in [0.29, 0.717) is 12.8 Å². The molecule has 0 aliphatic rings. The van der Waals surface area contributed by atoms with Gasteiger partial charge in [0.2, 0.25) is 5.91 Å². The fourth-order valence-corrected chi connectivity index (χ4v) is 4.70. The summed E-state index contributed by atoms with van der Waals surface area (Å²) in [7, 11) is -3.45. The van der Waals surface area contributed by atoms with Gasteiger partial charge in [-0.1, -0.05) is 48.5 Å². The smallest absolute Gasteiger partial charge is 0.235 e. The van der Waals surface area contributed by atoms with Gasteiger partial charge in [-0.05, 0) is 42.2 Å². The lowest BCUT2D eigenvalue weighted by molar-refractivity contribution is -0.118. The van der Waals surface area contributed by atoms with Crippen LogP contribution in [0.1, 0.15) is 17.5 Å². The van der Waals surface area contributed by atoms with Crippen molar-refractivity contribution in [2.75, 3.05) is 11.5 Å². The number of benzene rings is 2. The minimum atomic E-state index is -3.45. The number of aromatic nitrogens is 3. The molecule has 0 aliphatic carbocycles.